The van der Waals surface area contributed by atoms with Gasteiger partial charge in [-0.2, -0.15) is 0 Å². The molecule has 2 aliphatic rings. The predicted molar refractivity (Wildman–Crippen MR) is 114 cm³/mol. The zero-order valence-electron chi connectivity index (χ0n) is 15.3. The highest BCUT2D eigenvalue weighted by Gasteiger charge is 2.29. The summed E-state index contributed by atoms with van der Waals surface area (Å²) in [7, 11) is 0. The molecule has 29 heavy (non-hydrogen) atoms. The number of nitrogens with one attached hydrogen (secondary N) is 1. The van der Waals surface area contributed by atoms with Crippen LogP contribution in [0.3, 0.4) is 0 Å². The van der Waals surface area contributed by atoms with E-state index in [-0.39, 0.29) is 5.92 Å². The van der Waals surface area contributed by atoms with E-state index in [2.05, 4.69) is 46.7 Å². The van der Waals surface area contributed by atoms with E-state index in [9.17, 15) is 9.59 Å². The second kappa shape index (κ2) is 9.62. The highest BCUT2D eigenvalue weighted by atomic mass is 35.5. The van der Waals surface area contributed by atoms with Crippen molar-refractivity contribution in [3.63, 3.8) is 0 Å². The molecule has 3 N–H and O–H groups in total. The second-order valence-corrected chi connectivity index (χ2v) is 7.76. The molecule has 0 spiro atoms. The van der Waals surface area contributed by atoms with Crippen LogP contribution in [-0.4, -0.2) is 41.1 Å². The lowest BCUT2D eigenvalue weighted by atomic mass is 9.87. The van der Waals surface area contributed by atoms with Crippen LogP contribution in [0.2, 0.25) is 5.02 Å². The molecule has 0 saturated carbocycles. The fourth-order valence-corrected chi connectivity index (χ4v) is 4.46. The van der Waals surface area contributed by atoms with Gasteiger partial charge in [-0.05, 0) is 34.9 Å². The zero-order valence-corrected chi connectivity index (χ0v) is 16.9. The molecule has 0 bridgehead atoms. The third-order valence-corrected chi connectivity index (χ3v) is 5.75. The fraction of sp³-hybridized carbons (Fsp3) is 0.190. The number of benzene rings is 2. The number of hydrogen-bond donors (Lipinski definition) is 3. The molecule has 0 saturated heterocycles. The van der Waals surface area contributed by atoms with Crippen LogP contribution in [0.4, 0.5) is 0 Å². The molecule has 2 aromatic carbocycles. The molecule has 8 heteroatoms. The van der Waals surface area contributed by atoms with E-state index in [1.54, 1.807) is 0 Å². The van der Waals surface area contributed by atoms with E-state index in [0.717, 1.165) is 29.7 Å². The molecule has 4 rings (SSSR count). The molecular weight excluding hydrogens is 412 g/mol. The highest BCUT2D eigenvalue weighted by molar-refractivity contribution is 7.98. The van der Waals surface area contributed by atoms with Gasteiger partial charge in [0, 0.05) is 34.4 Å². The number of amidine groups is 1. The summed E-state index contributed by atoms with van der Waals surface area (Å²) in [6, 6.07) is 14.9. The van der Waals surface area contributed by atoms with Crippen molar-refractivity contribution < 1.29 is 19.8 Å². The van der Waals surface area contributed by atoms with E-state index in [4.69, 9.17) is 21.8 Å². The van der Waals surface area contributed by atoms with Crippen molar-refractivity contribution in [2.75, 3.05) is 13.1 Å². The normalized spacial score (nSPS) is 17.1. The molecule has 2 aliphatic heterocycles. The average molecular weight is 431 g/mol. The number of halogens is 1. The monoisotopic (exact) mass is 430 g/mol. The van der Waals surface area contributed by atoms with Gasteiger partial charge in [-0.3, -0.25) is 4.99 Å². The van der Waals surface area contributed by atoms with Gasteiger partial charge in [-0.15, -0.1) is 11.8 Å². The summed E-state index contributed by atoms with van der Waals surface area (Å²) in [5.41, 5.74) is 4.00. The predicted octanol–water partition coefficient (Wildman–Crippen LogP) is 3.79. The number of rotatable bonds is 3. The summed E-state index contributed by atoms with van der Waals surface area (Å²) in [6.45, 7) is 1.79. The highest BCUT2D eigenvalue weighted by Crippen LogP contribution is 2.42. The van der Waals surface area contributed by atoms with Gasteiger partial charge in [0.25, 0.3) is 0 Å². The maximum atomic E-state index is 9.55. The third-order valence-electron chi connectivity index (χ3n) is 4.37. The largest absolute Gasteiger partial charge is 0.478 e. The van der Waals surface area contributed by atoms with Gasteiger partial charge in [0.05, 0.1) is 12.5 Å². The van der Waals surface area contributed by atoms with E-state index in [1.165, 1.54) is 21.6 Å². The van der Waals surface area contributed by atoms with Crippen LogP contribution in [0.1, 0.15) is 22.6 Å². The lowest BCUT2D eigenvalue weighted by Crippen LogP contribution is -2.27. The van der Waals surface area contributed by atoms with Gasteiger partial charge in [-0.1, -0.05) is 35.9 Å². The van der Waals surface area contributed by atoms with Crippen LogP contribution in [0.25, 0.3) is 0 Å². The molecule has 0 aliphatic carbocycles. The lowest BCUT2D eigenvalue weighted by Gasteiger charge is -2.20. The number of nitrogens with zero attached hydrogens (tertiary/aromatic N) is 1. The Kier molecular flexibility index (Phi) is 6.95. The number of carboxylic acids is 2. The van der Waals surface area contributed by atoms with Crippen LogP contribution < -0.4 is 5.32 Å². The Hall–Kier alpha value is -2.77. The van der Waals surface area contributed by atoms with E-state index >= 15 is 0 Å². The Balaban J connectivity index is 0.000000258. The summed E-state index contributed by atoms with van der Waals surface area (Å²) >= 11 is 8.14. The SMILES string of the molecule is Clc1ccc2c(c1)C(C1=NCCN1)c1ccccc1CS2.O=C(O)/C=C/C(=O)O. The van der Waals surface area contributed by atoms with Crippen molar-refractivity contribution >= 4 is 41.1 Å². The van der Waals surface area contributed by atoms with Crippen molar-refractivity contribution in [3.8, 4) is 0 Å². The fourth-order valence-electron chi connectivity index (χ4n) is 3.19. The average Bonchev–Trinajstić information content (AvgIpc) is 3.16. The summed E-state index contributed by atoms with van der Waals surface area (Å²) in [6.07, 6.45) is 1.12. The molecular formula is C21H19ClN2O4S. The molecule has 2 heterocycles. The topological polar surface area (TPSA) is 99.0 Å². The van der Waals surface area contributed by atoms with E-state index < -0.39 is 11.9 Å². The smallest absolute Gasteiger partial charge is 0.328 e. The van der Waals surface area contributed by atoms with Gasteiger partial charge in [0.2, 0.25) is 0 Å². The number of aliphatic imine (C=N–C) groups is 1. The molecule has 0 radical (unpaired) electrons. The summed E-state index contributed by atoms with van der Waals surface area (Å²) in [5, 5.41) is 19.9. The van der Waals surface area contributed by atoms with Crippen molar-refractivity contribution in [3.05, 3.63) is 76.3 Å². The standard InChI is InChI=1S/C17H15ClN2S.C4H4O4/c18-12-5-6-15-14(9-12)16(17-19-7-8-20-17)13-4-2-1-3-11(13)10-21-15;5-3(6)1-2-4(7)8/h1-6,9,16H,7-8,10H2,(H,19,20);1-2H,(H,5,6)(H,7,8)/b;2-1+. The zero-order chi connectivity index (χ0) is 20.8. The van der Waals surface area contributed by atoms with Gasteiger partial charge in [0.15, 0.2) is 0 Å². The Morgan fingerprint density at radius 3 is 2.48 bits per heavy atom. The first kappa shape index (κ1) is 21.0. The first-order valence-electron chi connectivity index (χ1n) is 8.88. The minimum Gasteiger partial charge on any atom is -0.478 e. The van der Waals surface area contributed by atoms with Gasteiger partial charge < -0.3 is 15.5 Å². The first-order chi connectivity index (χ1) is 14.0. The van der Waals surface area contributed by atoms with E-state index in [1.807, 2.05) is 17.8 Å². The molecule has 0 fully saturated rings. The number of carbonyl (C=O) groups is 2. The minimum atomic E-state index is -1.26. The minimum absolute atomic E-state index is 0.174. The van der Waals surface area contributed by atoms with Crippen LogP contribution in [0.15, 0.2) is 64.5 Å². The number of carboxylic acid groups (broad SMARTS) is 2. The summed E-state index contributed by atoms with van der Waals surface area (Å²) in [4.78, 5) is 25.1. The number of hydrogen-bond acceptors (Lipinski definition) is 5. The Morgan fingerprint density at radius 1 is 1.10 bits per heavy atom. The van der Waals surface area contributed by atoms with Crippen molar-refractivity contribution in [1.82, 2.24) is 5.32 Å². The molecule has 1 atom stereocenters. The van der Waals surface area contributed by atoms with Crippen LogP contribution in [0.5, 0.6) is 0 Å². The van der Waals surface area contributed by atoms with Crippen molar-refractivity contribution in [1.29, 1.82) is 0 Å². The van der Waals surface area contributed by atoms with Gasteiger partial charge in [-0.25, -0.2) is 9.59 Å². The molecule has 0 amide bonds. The Bertz CT molecular complexity index is 974. The number of aliphatic carboxylic acids is 2. The second-order valence-electron chi connectivity index (χ2n) is 6.31. The maximum Gasteiger partial charge on any atom is 0.328 e. The first-order valence-corrected chi connectivity index (χ1v) is 10.2. The van der Waals surface area contributed by atoms with E-state index in [0.29, 0.717) is 12.2 Å². The molecule has 6 nitrogen and oxygen atoms in total. The summed E-state index contributed by atoms with van der Waals surface area (Å²) in [5.74, 6) is -0.269. The van der Waals surface area contributed by atoms with Crippen LogP contribution in [-0.2, 0) is 15.3 Å². The third kappa shape index (κ3) is 5.40. The molecule has 2 aromatic rings. The van der Waals surface area contributed by atoms with Gasteiger partial charge >= 0.3 is 11.9 Å². The summed E-state index contributed by atoms with van der Waals surface area (Å²) < 4.78 is 0. The Labute approximate surface area is 177 Å². The van der Waals surface area contributed by atoms with Crippen molar-refractivity contribution in [2.24, 2.45) is 4.99 Å². The molecule has 150 valence electrons. The van der Waals surface area contributed by atoms with Gasteiger partial charge in [0.1, 0.15) is 5.84 Å². The Morgan fingerprint density at radius 2 is 1.83 bits per heavy atom. The number of thioether (sulfide) groups is 1. The van der Waals surface area contributed by atoms with Crippen molar-refractivity contribution in [2.45, 2.75) is 16.6 Å². The molecule has 1 unspecified atom stereocenters. The van der Waals surface area contributed by atoms with Crippen LogP contribution >= 0.6 is 23.4 Å². The maximum absolute atomic E-state index is 9.55. The quantitative estimate of drug-likeness (QED) is 0.641. The molecule has 0 aromatic heterocycles. The number of fused-ring (bicyclic) bond motifs is 2. The van der Waals surface area contributed by atoms with Crippen LogP contribution in [0, 0.1) is 0 Å². The lowest BCUT2D eigenvalue weighted by molar-refractivity contribution is -0.134.